The van der Waals surface area contributed by atoms with Gasteiger partial charge in [0.15, 0.2) is 12.6 Å². The molecule has 12 unspecified atom stereocenters. The third kappa shape index (κ3) is 29.7. The summed E-state index contributed by atoms with van der Waals surface area (Å²) in [5.74, 6) is -0.214. The van der Waals surface area contributed by atoms with Gasteiger partial charge in [0.25, 0.3) is 0 Å². The number of allylic oxidation sites excluding steroid dienone is 10. The number of nitrogens with one attached hydrogen (secondary N) is 1. The Morgan fingerprint density at radius 3 is 1.47 bits per heavy atom. The molecule has 2 heterocycles. The molecular weight excluding hydrogens is 919 g/mol. The van der Waals surface area contributed by atoms with Gasteiger partial charge in [-0.2, -0.15) is 0 Å². The maximum atomic E-state index is 13.2. The summed E-state index contributed by atoms with van der Waals surface area (Å²) in [6.45, 7) is 2.72. The van der Waals surface area contributed by atoms with Crippen LogP contribution in [0.3, 0.4) is 0 Å². The Morgan fingerprint density at radius 1 is 0.514 bits per heavy atom. The van der Waals surface area contributed by atoms with Gasteiger partial charge in [0, 0.05) is 6.42 Å². The molecule has 0 aliphatic carbocycles. The molecule has 0 aromatic rings. The van der Waals surface area contributed by atoms with Crippen molar-refractivity contribution in [2.45, 2.75) is 280 Å². The lowest BCUT2D eigenvalue weighted by atomic mass is 9.97. The molecule has 418 valence electrons. The minimum atomic E-state index is -1.78. The maximum Gasteiger partial charge on any atom is 0.220 e. The fourth-order valence-corrected chi connectivity index (χ4v) is 9.15. The van der Waals surface area contributed by atoms with E-state index in [-0.39, 0.29) is 12.5 Å². The Morgan fingerprint density at radius 2 is 0.958 bits per heavy atom. The number of rotatable bonds is 44. The van der Waals surface area contributed by atoms with Crippen LogP contribution in [0.1, 0.15) is 206 Å². The molecule has 12 atom stereocenters. The molecule has 14 nitrogen and oxygen atoms in total. The second-order valence-corrected chi connectivity index (χ2v) is 20.0. The zero-order valence-corrected chi connectivity index (χ0v) is 44.7. The largest absolute Gasteiger partial charge is 0.394 e. The van der Waals surface area contributed by atoms with Crippen LogP contribution in [0, 0.1) is 0 Å². The van der Waals surface area contributed by atoms with Crippen LogP contribution in [0.15, 0.2) is 60.8 Å². The average molecular weight is 1020 g/mol. The lowest BCUT2D eigenvalue weighted by Gasteiger charge is -2.46. The number of carbonyl (C=O) groups is 1. The molecule has 0 bridgehead atoms. The van der Waals surface area contributed by atoms with E-state index in [0.717, 1.165) is 89.9 Å². The fourth-order valence-electron chi connectivity index (χ4n) is 9.15. The first-order valence-electron chi connectivity index (χ1n) is 28.5. The number of hydrogen-bond acceptors (Lipinski definition) is 13. The van der Waals surface area contributed by atoms with Gasteiger partial charge in [-0.05, 0) is 57.8 Å². The van der Waals surface area contributed by atoms with E-state index in [1.807, 2.05) is 0 Å². The van der Waals surface area contributed by atoms with E-state index in [9.17, 15) is 45.6 Å². The Labute approximate surface area is 435 Å². The Balaban J connectivity index is 1.70. The van der Waals surface area contributed by atoms with Crippen LogP contribution in [-0.4, -0.2) is 140 Å². The van der Waals surface area contributed by atoms with Gasteiger partial charge in [-0.25, -0.2) is 0 Å². The molecule has 2 rings (SSSR count). The van der Waals surface area contributed by atoms with Crippen LogP contribution < -0.4 is 5.32 Å². The smallest absolute Gasteiger partial charge is 0.220 e. The number of ether oxygens (including phenoxy) is 4. The van der Waals surface area contributed by atoms with E-state index in [0.29, 0.717) is 12.8 Å². The van der Waals surface area contributed by atoms with Crippen molar-refractivity contribution < 1.29 is 64.6 Å². The number of carbonyl (C=O) groups excluding carboxylic acids is 1. The van der Waals surface area contributed by atoms with Gasteiger partial charge < -0.3 is 65.1 Å². The first kappa shape index (κ1) is 65.8. The monoisotopic (exact) mass is 1020 g/mol. The van der Waals surface area contributed by atoms with Gasteiger partial charge in [-0.1, -0.05) is 203 Å². The summed E-state index contributed by atoms with van der Waals surface area (Å²) in [5, 5.41) is 87.0. The molecule has 0 aromatic carbocycles. The molecule has 2 saturated heterocycles. The van der Waals surface area contributed by atoms with Crippen molar-refractivity contribution >= 4 is 5.91 Å². The molecule has 14 heteroatoms. The third-order valence-corrected chi connectivity index (χ3v) is 13.7. The minimum Gasteiger partial charge on any atom is -0.394 e. The topological polar surface area (TPSA) is 228 Å². The van der Waals surface area contributed by atoms with Crippen LogP contribution in [0.4, 0.5) is 0 Å². The average Bonchev–Trinajstić information content (AvgIpc) is 3.38. The van der Waals surface area contributed by atoms with Crippen LogP contribution in [0.25, 0.3) is 0 Å². The van der Waals surface area contributed by atoms with E-state index in [4.69, 9.17) is 18.9 Å². The highest BCUT2D eigenvalue weighted by molar-refractivity contribution is 5.76. The quantitative estimate of drug-likeness (QED) is 0.0205. The molecule has 2 aliphatic rings. The summed E-state index contributed by atoms with van der Waals surface area (Å²) < 4.78 is 22.8. The van der Waals surface area contributed by atoms with E-state index < -0.39 is 86.8 Å². The predicted octanol–water partition coefficient (Wildman–Crippen LogP) is 9.00. The van der Waals surface area contributed by atoms with Gasteiger partial charge >= 0.3 is 0 Å². The summed E-state index contributed by atoms with van der Waals surface area (Å²) >= 11 is 0. The Bertz CT molecular complexity index is 1440. The summed E-state index contributed by atoms with van der Waals surface area (Å²) in [6, 6.07) is -0.831. The van der Waals surface area contributed by atoms with Crippen molar-refractivity contribution in [1.29, 1.82) is 0 Å². The number of aliphatic hydroxyl groups excluding tert-OH is 8. The minimum absolute atomic E-state index is 0.214. The van der Waals surface area contributed by atoms with E-state index in [1.165, 1.54) is 89.9 Å². The molecule has 0 spiro atoms. The lowest BCUT2D eigenvalue weighted by molar-refractivity contribution is -0.359. The van der Waals surface area contributed by atoms with Crippen molar-refractivity contribution in [1.82, 2.24) is 5.32 Å². The van der Waals surface area contributed by atoms with Crippen LogP contribution in [-0.2, 0) is 23.7 Å². The highest BCUT2D eigenvalue weighted by atomic mass is 16.7. The molecule has 1 amide bonds. The van der Waals surface area contributed by atoms with Gasteiger partial charge in [-0.3, -0.25) is 4.79 Å². The molecule has 0 saturated carbocycles. The SMILES string of the molecule is CC/C=C\C/C=C\C/C=C\C/C=C\C/C=C\CCCCCCCCCCCCCC(=O)NC(COC1OC(CO)C(OC2OC(CO)C(O)C(O)C2O)C(O)C1O)C(O)CCCCCCCCCCCCC. The predicted molar refractivity (Wildman–Crippen MR) is 286 cm³/mol. The summed E-state index contributed by atoms with van der Waals surface area (Å²) in [4.78, 5) is 13.2. The van der Waals surface area contributed by atoms with Crippen molar-refractivity contribution in [3.8, 4) is 0 Å². The van der Waals surface area contributed by atoms with Crippen molar-refractivity contribution in [3.63, 3.8) is 0 Å². The van der Waals surface area contributed by atoms with Crippen LogP contribution in [0.5, 0.6) is 0 Å². The molecular formula is C58H103NO13. The highest BCUT2D eigenvalue weighted by Gasteiger charge is 2.51. The standard InChI is InChI=1S/C58H103NO13/c1-3-5-7-9-11-13-15-16-17-18-19-20-21-22-23-24-25-26-27-28-29-30-32-34-36-38-40-42-50(63)59-46(47(62)41-39-37-35-33-31-14-12-10-8-6-4-2)45-69-57-55(68)53(66)56(49(44-61)71-57)72-58-54(67)52(65)51(64)48(43-60)70-58/h5,7,11,13,16-17,19-20,22-23,46-49,51-58,60-62,64-68H,3-4,6,8-10,12,14-15,18,21,24-45H2,1-2H3,(H,59,63)/b7-5-,13-11-,17-16-,20-19-,23-22-. The molecule has 72 heavy (non-hydrogen) atoms. The van der Waals surface area contributed by atoms with Crippen LogP contribution in [0.2, 0.25) is 0 Å². The summed E-state index contributed by atoms with van der Waals surface area (Å²) in [7, 11) is 0. The number of amides is 1. The number of unbranched alkanes of at least 4 members (excludes halogenated alkanes) is 21. The molecule has 9 N–H and O–H groups in total. The second kappa shape index (κ2) is 43.9. The zero-order valence-electron chi connectivity index (χ0n) is 44.7. The molecule has 2 aliphatic heterocycles. The molecule has 2 fully saturated rings. The van der Waals surface area contributed by atoms with Crippen LogP contribution >= 0.6 is 0 Å². The van der Waals surface area contributed by atoms with Gasteiger partial charge in [-0.15, -0.1) is 0 Å². The van der Waals surface area contributed by atoms with Crippen molar-refractivity contribution in [3.05, 3.63) is 60.8 Å². The van der Waals surface area contributed by atoms with Gasteiger partial charge in [0.2, 0.25) is 5.91 Å². The number of hydrogen-bond donors (Lipinski definition) is 9. The normalized spacial score (nSPS) is 26.0. The van der Waals surface area contributed by atoms with Gasteiger partial charge in [0.05, 0.1) is 32.0 Å². The summed E-state index contributed by atoms with van der Waals surface area (Å²) in [5.41, 5.74) is 0. The van der Waals surface area contributed by atoms with Crippen molar-refractivity contribution in [2.75, 3.05) is 19.8 Å². The fraction of sp³-hybridized carbons (Fsp3) is 0.810. The van der Waals surface area contributed by atoms with E-state index in [1.54, 1.807) is 0 Å². The Kier molecular flexibility index (Phi) is 40.1. The van der Waals surface area contributed by atoms with Crippen molar-refractivity contribution in [2.24, 2.45) is 0 Å². The zero-order chi connectivity index (χ0) is 52.4. The third-order valence-electron chi connectivity index (χ3n) is 13.7. The van der Waals surface area contributed by atoms with E-state index >= 15 is 0 Å². The number of aliphatic hydroxyl groups is 8. The molecule has 0 radical (unpaired) electrons. The van der Waals surface area contributed by atoms with Gasteiger partial charge in [0.1, 0.15) is 48.8 Å². The lowest BCUT2D eigenvalue weighted by Crippen LogP contribution is -2.65. The maximum absolute atomic E-state index is 13.2. The highest BCUT2D eigenvalue weighted by Crippen LogP contribution is 2.30. The second-order valence-electron chi connectivity index (χ2n) is 20.0. The first-order valence-corrected chi connectivity index (χ1v) is 28.5. The Hall–Kier alpha value is -2.31. The first-order chi connectivity index (χ1) is 35.1. The van der Waals surface area contributed by atoms with E-state index in [2.05, 4.69) is 79.9 Å². The molecule has 0 aromatic heterocycles. The summed E-state index contributed by atoms with van der Waals surface area (Å²) in [6.07, 6.45) is 38.0.